The first-order chi connectivity index (χ1) is 7.52. The number of carboxylic acid groups (broad SMARTS) is 1. The van der Waals surface area contributed by atoms with Crippen LogP contribution in [0.1, 0.15) is 39.5 Å². The van der Waals surface area contributed by atoms with Gasteiger partial charge in [-0.2, -0.15) is 0 Å². The first-order valence-electron chi connectivity index (χ1n) is 6.03. The van der Waals surface area contributed by atoms with Gasteiger partial charge in [0.1, 0.15) is 0 Å². The second-order valence-corrected chi connectivity index (χ2v) is 4.81. The molecule has 0 bridgehead atoms. The summed E-state index contributed by atoms with van der Waals surface area (Å²) in [6.45, 7) is 3.94. The summed E-state index contributed by atoms with van der Waals surface area (Å²) in [6.07, 6.45) is 4.87. The minimum atomic E-state index is -0.913. The lowest BCUT2D eigenvalue weighted by Gasteiger charge is -2.17. The van der Waals surface area contributed by atoms with Crippen LogP contribution < -0.4 is 5.32 Å². The van der Waals surface area contributed by atoms with Crippen molar-refractivity contribution in [3.05, 3.63) is 0 Å². The van der Waals surface area contributed by atoms with E-state index in [0.29, 0.717) is 12.5 Å². The molecule has 0 aromatic rings. The van der Waals surface area contributed by atoms with E-state index in [1.807, 2.05) is 0 Å². The van der Waals surface area contributed by atoms with Crippen molar-refractivity contribution >= 4 is 11.9 Å². The van der Waals surface area contributed by atoms with Crippen molar-refractivity contribution in [3.63, 3.8) is 0 Å². The van der Waals surface area contributed by atoms with E-state index in [2.05, 4.69) is 5.32 Å². The summed E-state index contributed by atoms with van der Waals surface area (Å²) >= 11 is 0. The van der Waals surface area contributed by atoms with Crippen molar-refractivity contribution in [2.45, 2.75) is 39.5 Å². The number of hydrogen-bond donors (Lipinski definition) is 2. The molecule has 16 heavy (non-hydrogen) atoms. The van der Waals surface area contributed by atoms with E-state index < -0.39 is 17.8 Å². The molecule has 4 nitrogen and oxygen atoms in total. The van der Waals surface area contributed by atoms with E-state index in [0.717, 1.165) is 0 Å². The number of rotatable bonds is 5. The molecule has 1 rings (SSSR count). The van der Waals surface area contributed by atoms with E-state index in [4.69, 9.17) is 5.11 Å². The van der Waals surface area contributed by atoms with Gasteiger partial charge < -0.3 is 10.4 Å². The van der Waals surface area contributed by atoms with Crippen LogP contribution in [0.25, 0.3) is 0 Å². The van der Waals surface area contributed by atoms with Crippen molar-refractivity contribution in [1.82, 2.24) is 5.32 Å². The molecule has 2 N–H and O–H groups in total. The fourth-order valence-corrected chi connectivity index (χ4v) is 2.06. The molecule has 2 atom stereocenters. The normalized spacial score (nSPS) is 20.4. The predicted molar refractivity (Wildman–Crippen MR) is 60.9 cm³/mol. The fourth-order valence-electron chi connectivity index (χ4n) is 2.06. The van der Waals surface area contributed by atoms with E-state index in [-0.39, 0.29) is 5.91 Å². The topological polar surface area (TPSA) is 66.4 Å². The molecule has 0 heterocycles. The standard InChI is InChI=1S/C12H21NO3/c1-8(9(2)12(15)16)11(14)13-7-10-5-3-4-6-10/h8-10H,3-7H2,1-2H3,(H,13,14)(H,15,16). The van der Waals surface area contributed by atoms with Gasteiger partial charge in [0.25, 0.3) is 0 Å². The highest BCUT2D eigenvalue weighted by Gasteiger charge is 2.26. The van der Waals surface area contributed by atoms with E-state index >= 15 is 0 Å². The zero-order valence-electron chi connectivity index (χ0n) is 10.0. The highest BCUT2D eigenvalue weighted by atomic mass is 16.4. The fraction of sp³-hybridized carbons (Fsp3) is 0.833. The molecular weight excluding hydrogens is 206 g/mol. The summed E-state index contributed by atoms with van der Waals surface area (Å²) in [7, 11) is 0. The lowest BCUT2D eigenvalue weighted by atomic mass is 9.95. The number of carbonyl (C=O) groups excluding carboxylic acids is 1. The Labute approximate surface area is 96.4 Å². The first kappa shape index (κ1) is 13.0. The number of nitrogens with one attached hydrogen (secondary N) is 1. The van der Waals surface area contributed by atoms with Gasteiger partial charge in [0.15, 0.2) is 0 Å². The second-order valence-electron chi connectivity index (χ2n) is 4.81. The van der Waals surface area contributed by atoms with Gasteiger partial charge in [-0.15, -0.1) is 0 Å². The molecule has 4 heteroatoms. The van der Waals surface area contributed by atoms with Gasteiger partial charge in [0.05, 0.1) is 5.92 Å². The lowest BCUT2D eigenvalue weighted by molar-refractivity contribution is -0.146. The SMILES string of the molecule is CC(C(=O)O)C(C)C(=O)NCC1CCCC1. The minimum Gasteiger partial charge on any atom is -0.481 e. The molecule has 0 aliphatic heterocycles. The third kappa shape index (κ3) is 3.51. The number of hydrogen-bond acceptors (Lipinski definition) is 2. The zero-order valence-corrected chi connectivity index (χ0v) is 10.0. The van der Waals surface area contributed by atoms with Crippen LogP contribution in [-0.2, 0) is 9.59 Å². The van der Waals surface area contributed by atoms with Gasteiger partial charge >= 0.3 is 5.97 Å². The Kier molecular flexibility index (Phi) is 4.77. The van der Waals surface area contributed by atoms with Crippen LogP contribution >= 0.6 is 0 Å². The van der Waals surface area contributed by atoms with Crippen LogP contribution in [0.2, 0.25) is 0 Å². The Morgan fingerprint density at radius 1 is 1.25 bits per heavy atom. The maximum Gasteiger partial charge on any atom is 0.307 e. The highest BCUT2D eigenvalue weighted by molar-refractivity contribution is 5.84. The Morgan fingerprint density at radius 2 is 1.81 bits per heavy atom. The minimum absolute atomic E-state index is 0.137. The second kappa shape index (κ2) is 5.87. The molecule has 1 aliphatic carbocycles. The van der Waals surface area contributed by atoms with Crippen LogP contribution in [0.5, 0.6) is 0 Å². The zero-order chi connectivity index (χ0) is 12.1. The van der Waals surface area contributed by atoms with Crippen molar-refractivity contribution in [2.75, 3.05) is 6.54 Å². The van der Waals surface area contributed by atoms with Gasteiger partial charge in [-0.3, -0.25) is 9.59 Å². The summed E-state index contributed by atoms with van der Waals surface area (Å²) in [6, 6.07) is 0. The van der Waals surface area contributed by atoms with Crippen molar-refractivity contribution in [2.24, 2.45) is 17.8 Å². The molecule has 0 aromatic heterocycles. The number of aliphatic carboxylic acids is 1. The van der Waals surface area contributed by atoms with Crippen LogP contribution in [0, 0.1) is 17.8 Å². The molecule has 0 saturated heterocycles. The number of amides is 1. The summed E-state index contributed by atoms with van der Waals surface area (Å²) in [5.74, 6) is -1.54. The Morgan fingerprint density at radius 3 is 2.31 bits per heavy atom. The first-order valence-corrected chi connectivity index (χ1v) is 6.03. The van der Waals surface area contributed by atoms with Crippen molar-refractivity contribution < 1.29 is 14.7 Å². The maximum atomic E-state index is 11.7. The highest BCUT2D eigenvalue weighted by Crippen LogP contribution is 2.23. The Bertz CT molecular complexity index is 259. The molecule has 92 valence electrons. The quantitative estimate of drug-likeness (QED) is 0.750. The lowest BCUT2D eigenvalue weighted by Crippen LogP contribution is -2.37. The summed E-state index contributed by atoms with van der Waals surface area (Å²) in [5.41, 5.74) is 0. The summed E-state index contributed by atoms with van der Waals surface area (Å²) in [4.78, 5) is 22.4. The van der Waals surface area contributed by atoms with E-state index in [9.17, 15) is 9.59 Å². The largest absolute Gasteiger partial charge is 0.481 e. The third-order valence-corrected chi connectivity index (χ3v) is 3.59. The van der Waals surface area contributed by atoms with Gasteiger partial charge in [-0.25, -0.2) is 0 Å². The average molecular weight is 227 g/mol. The molecule has 2 unspecified atom stereocenters. The van der Waals surface area contributed by atoms with Gasteiger partial charge in [-0.05, 0) is 18.8 Å². The monoisotopic (exact) mass is 227 g/mol. The maximum absolute atomic E-state index is 11.7. The predicted octanol–water partition coefficient (Wildman–Crippen LogP) is 1.65. The smallest absolute Gasteiger partial charge is 0.307 e. The number of carbonyl (C=O) groups is 2. The molecule has 1 aliphatic rings. The summed E-state index contributed by atoms with van der Waals surface area (Å²) in [5, 5.41) is 11.7. The molecule has 0 aromatic carbocycles. The van der Waals surface area contributed by atoms with Crippen LogP contribution in [-0.4, -0.2) is 23.5 Å². The molecule has 0 radical (unpaired) electrons. The van der Waals surface area contributed by atoms with Crippen molar-refractivity contribution in [1.29, 1.82) is 0 Å². The van der Waals surface area contributed by atoms with Gasteiger partial charge in [0.2, 0.25) is 5.91 Å². The van der Waals surface area contributed by atoms with Gasteiger partial charge in [0, 0.05) is 12.5 Å². The molecule has 1 amide bonds. The summed E-state index contributed by atoms with van der Waals surface area (Å²) < 4.78 is 0. The van der Waals surface area contributed by atoms with Gasteiger partial charge in [-0.1, -0.05) is 26.7 Å². The molecular formula is C12H21NO3. The molecule has 0 spiro atoms. The third-order valence-electron chi connectivity index (χ3n) is 3.59. The van der Waals surface area contributed by atoms with Crippen LogP contribution in [0.3, 0.4) is 0 Å². The Balaban J connectivity index is 2.30. The Hall–Kier alpha value is -1.06. The van der Waals surface area contributed by atoms with E-state index in [1.165, 1.54) is 25.7 Å². The molecule has 1 fully saturated rings. The van der Waals surface area contributed by atoms with Crippen LogP contribution in [0.4, 0.5) is 0 Å². The van der Waals surface area contributed by atoms with Crippen LogP contribution in [0.15, 0.2) is 0 Å². The number of carboxylic acids is 1. The average Bonchev–Trinajstić information content (AvgIpc) is 2.76. The molecule has 1 saturated carbocycles. The van der Waals surface area contributed by atoms with E-state index in [1.54, 1.807) is 13.8 Å². The van der Waals surface area contributed by atoms with Crippen molar-refractivity contribution in [3.8, 4) is 0 Å².